The summed E-state index contributed by atoms with van der Waals surface area (Å²) in [4.78, 5) is 1.32. The molecule has 0 radical (unpaired) electrons. The first kappa shape index (κ1) is 15.3. The van der Waals surface area contributed by atoms with Gasteiger partial charge in [-0.1, -0.05) is 60.6 Å². The highest BCUT2D eigenvalue weighted by Crippen LogP contribution is 2.36. The molecular weight excluding hydrogens is 258 g/mol. The van der Waals surface area contributed by atoms with Crippen LogP contribution in [-0.4, -0.2) is 6.54 Å². The highest BCUT2D eigenvalue weighted by atomic mass is 33.1. The molecule has 0 aromatic rings. The molecular formula is C15H21NS2. The normalized spacial score (nSPS) is 16.3. The zero-order valence-electron chi connectivity index (χ0n) is 11.1. The average Bonchev–Trinajstić information content (AvgIpc) is 2.42. The molecule has 1 rings (SSSR count). The van der Waals surface area contributed by atoms with Crippen molar-refractivity contribution in [3.05, 3.63) is 58.5 Å². The van der Waals surface area contributed by atoms with Gasteiger partial charge in [-0.2, -0.15) is 0 Å². The maximum absolute atomic E-state index is 3.35. The SMILES string of the molecule is C\C=C/C=C\C(=C\CCC)SSC1=CC=CCN1. The summed E-state index contributed by atoms with van der Waals surface area (Å²) in [7, 11) is 3.60. The van der Waals surface area contributed by atoms with Crippen molar-refractivity contribution in [2.24, 2.45) is 0 Å². The highest BCUT2D eigenvalue weighted by molar-refractivity contribution is 8.79. The van der Waals surface area contributed by atoms with Gasteiger partial charge in [-0.25, -0.2) is 0 Å². The monoisotopic (exact) mass is 279 g/mol. The van der Waals surface area contributed by atoms with Gasteiger partial charge < -0.3 is 5.32 Å². The predicted octanol–water partition coefficient (Wildman–Crippen LogP) is 5.18. The molecule has 1 N–H and O–H groups in total. The number of hydrogen-bond donors (Lipinski definition) is 1. The van der Waals surface area contributed by atoms with Gasteiger partial charge in [-0.05, 0) is 36.3 Å². The van der Waals surface area contributed by atoms with Crippen molar-refractivity contribution >= 4 is 21.6 Å². The maximum Gasteiger partial charge on any atom is 0.0795 e. The molecule has 18 heavy (non-hydrogen) atoms. The van der Waals surface area contributed by atoms with Gasteiger partial charge in [-0.15, -0.1) is 0 Å². The first-order chi connectivity index (χ1) is 8.86. The Bertz CT molecular complexity index is 376. The fourth-order valence-corrected chi connectivity index (χ4v) is 3.32. The molecule has 0 spiro atoms. The summed E-state index contributed by atoms with van der Waals surface area (Å²) >= 11 is 0. The van der Waals surface area contributed by atoms with E-state index in [0.717, 1.165) is 13.0 Å². The highest BCUT2D eigenvalue weighted by Gasteiger charge is 2.01. The lowest BCUT2D eigenvalue weighted by Gasteiger charge is -2.10. The van der Waals surface area contributed by atoms with Crippen LogP contribution in [0.15, 0.2) is 58.5 Å². The van der Waals surface area contributed by atoms with E-state index in [0.29, 0.717) is 0 Å². The Labute approximate surface area is 119 Å². The second kappa shape index (κ2) is 10.2. The standard InChI is InChI=1S/C15H21NS2/c1-3-5-7-11-14(10-6-4-2)17-18-15-12-8-9-13-16-15/h3,5,7-12,16H,4,6,13H2,1-2H3/b5-3-,11-7-,14-10-. The maximum atomic E-state index is 3.35. The third kappa shape index (κ3) is 6.82. The fraction of sp³-hybridized carbons (Fsp3) is 0.333. The van der Waals surface area contributed by atoms with Crippen LogP contribution in [-0.2, 0) is 0 Å². The minimum atomic E-state index is 0.932. The van der Waals surface area contributed by atoms with Crippen molar-refractivity contribution in [3.63, 3.8) is 0 Å². The van der Waals surface area contributed by atoms with Gasteiger partial charge in [0.05, 0.1) is 5.03 Å². The summed E-state index contributed by atoms with van der Waals surface area (Å²) in [5.41, 5.74) is 0. The molecule has 98 valence electrons. The Balaban J connectivity index is 2.50. The Morgan fingerprint density at radius 3 is 3.00 bits per heavy atom. The minimum Gasteiger partial charge on any atom is -0.376 e. The number of dihydropyridines is 1. The van der Waals surface area contributed by atoms with E-state index in [1.807, 2.05) is 23.8 Å². The van der Waals surface area contributed by atoms with Crippen LogP contribution >= 0.6 is 21.6 Å². The topological polar surface area (TPSA) is 12.0 Å². The summed E-state index contributed by atoms with van der Waals surface area (Å²) in [5.74, 6) is 0. The smallest absolute Gasteiger partial charge is 0.0795 e. The van der Waals surface area contributed by atoms with E-state index >= 15 is 0 Å². The fourth-order valence-electron chi connectivity index (χ4n) is 1.27. The van der Waals surface area contributed by atoms with Crippen molar-refractivity contribution in [3.8, 4) is 0 Å². The number of rotatable bonds is 7. The number of allylic oxidation sites excluding steroid dienone is 7. The molecule has 1 nitrogen and oxygen atoms in total. The van der Waals surface area contributed by atoms with Gasteiger partial charge in [0, 0.05) is 11.4 Å². The molecule has 1 aliphatic rings. The second-order valence-corrected chi connectivity index (χ2v) is 6.03. The van der Waals surface area contributed by atoms with Crippen LogP contribution < -0.4 is 5.32 Å². The van der Waals surface area contributed by atoms with E-state index < -0.39 is 0 Å². The molecule has 0 aromatic heterocycles. The van der Waals surface area contributed by atoms with E-state index in [1.54, 1.807) is 10.8 Å². The molecule has 1 aliphatic heterocycles. The molecule has 0 atom stereocenters. The van der Waals surface area contributed by atoms with Gasteiger partial charge in [0.15, 0.2) is 0 Å². The molecule has 0 fully saturated rings. The largest absolute Gasteiger partial charge is 0.376 e. The van der Waals surface area contributed by atoms with Crippen molar-refractivity contribution in [2.75, 3.05) is 6.54 Å². The summed E-state index contributed by atoms with van der Waals surface area (Å²) in [5, 5.41) is 4.58. The van der Waals surface area contributed by atoms with Crippen LogP contribution in [0.25, 0.3) is 0 Å². The molecule has 3 heteroatoms. The van der Waals surface area contributed by atoms with Crippen molar-refractivity contribution in [1.82, 2.24) is 5.32 Å². The van der Waals surface area contributed by atoms with Crippen molar-refractivity contribution in [2.45, 2.75) is 26.7 Å². The summed E-state index contributed by atoms with van der Waals surface area (Å²) < 4.78 is 0. The lowest BCUT2D eigenvalue weighted by molar-refractivity contribution is 0.955. The molecule has 1 heterocycles. The lowest BCUT2D eigenvalue weighted by atomic mass is 10.3. The molecule has 0 saturated carbocycles. The van der Waals surface area contributed by atoms with Crippen LogP contribution in [0.4, 0.5) is 0 Å². The van der Waals surface area contributed by atoms with E-state index in [2.05, 4.69) is 54.8 Å². The van der Waals surface area contributed by atoms with E-state index in [-0.39, 0.29) is 0 Å². The summed E-state index contributed by atoms with van der Waals surface area (Å²) in [6.45, 7) is 5.17. The average molecular weight is 279 g/mol. The molecule has 0 aromatic carbocycles. The van der Waals surface area contributed by atoms with Crippen LogP contribution in [0.5, 0.6) is 0 Å². The van der Waals surface area contributed by atoms with Gasteiger partial charge in [0.1, 0.15) is 0 Å². The number of unbranched alkanes of at least 4 members (excludes halogenated alkanes) is 1. The van der Waals surface area contributed by atoms with Crippen molar-refractivity contribution < 1.29 is 0 Å². The Hall–Kier alpha value is -0.800. The second-order valence-electron chi connectivity index (χ2n) is 3.79. The van der Waals surface area contributed by atoms with Gasteiger partial charge in [-0.3, -0.25) is 0 Å². The van der Waals surface area contributed by atoms with E-state index in [1.165, 1.54) is 16.4 Å². The van der Waals surface area contributed by atoms with Gasteiger partial charge in [0.2, 0.25) is 0 Å². The first-order valence-electron chi connectivity index (χ1n) is 6.31. The van der Waals surface area contributed by atoms with Crippen LogP contribution in [0, 0.1) is 0 Å². The third-order valence-electron chi connectivity index (χ3n) is 2.20. The molecule has 0 unspecified atom stereocenters. The molecule has 0 bridgehead atoms. The zero-order valence-corrected chi connectivity index (χ0v) is 12.7. The first-order valence-corrected chi connectivity index (χ1v) is 8.46. The molecule has 0 amide bonds. The summed E-state index contributed by atoms with van der Waals surface area (Å²) in [6.07, 6.45) is 19.3. The van der Waals surface area contributed by atoms with Crippen molar-refractivity contribution in [1.29, 1.82) is 0 Å². The quantitative estimate of drug-likeness (QED) is 0.509. The lowest BCUT2D eigenvalue weighted by Crippen LogP contribution is -2.12. The summed E-state index contributed by atoms with van der Waals surface area (Å²) in [6, 6.07) is 0. The predicted molar refractivity (Wildman–Crippen MR) is 87.4 cm³/mol. The number of hydrogen-bond acceptors (Lipinski definition) is 3. The van der Waals surface area contributed by atoms with Gasteiger partial charge >= 0.3 is 0 Å². The van der Waals surface area contributed by atoms with Gasteiger partial charge in [0.25, 0.3) is 0 Å². The van der Waals surface area contributed by atoms with Crippen LogP contribution in [0.2, 0.25) is 0 Å². The minimum absolute atomic E-state index is 0.932. The Morgan fingerprint density at radius 1 is 1.44 bits per heavy atom. The third-order valence-corrected chi connectivity index (χ3v) is 4.61. The molecule has 0 saturated heterocycles. The van der Waals surface area contributed by atoms with E-state index in [4.69, 9.17) is 0 Å². The molecule has 0 aliphatic carbocycles. The number of nitrogens with one attached hydrogen (secondary N) is 1. The zero-order chi connectivity index (χ0) is 13.1. The van der Waals surface area contributed by atoms with Crippen LogP contribution in [0.1, 0.15) is 26.7 Å². The van der Waals surface area contributed by atoms with Crippen LogP contribution in [0.3, 0.4) is 0 Å². The van der Waals surface area contributed by atoms with E-state index in [9.17, 15) is 0 Å². The Morgan fingerprint density at radius 2 is 2.33 bits per heavy atom. The Kier molecular flexibility index (Phi) is 8.61.